The lowest BCUT2D eigenvalue weighted by molar-refractivity contribution is 0.0696. The Morgan fingerprint density at radius 3 is 2.67 bits per heavy atom. The van der Waals surface area contributed by atoms with Gasteiger partial charge in [-0.05, 0) is 6.07 Å². The van der Waals surface area contributed by atoms with Gasteiger partial charge in [0.25, 0.3) is 0 Å². The third kappa shape index (κ3) is 1.63. The largest absolute Gasteiger partial charge is 0.478 e. The fraction of sp³-hybridized carbons (Fsp3) is 0.143. The lowest BCUT2D eigenvalue weighted by Crippen LogP contribution is -2.04. The molecule has 0 bridgehead atoms. The first-order valence-electron chi connectivity index (χ1n) is 3.18. The van der Waals surface area contributed by atoms with Crippen LogP contribution in [0.15, 0.2) is 12.3 Å². The molecule has 0 saturated heterocycles. The Kier molecular flexibility index (Phi) is 2.14. The van der Waals surface area contributed by atoms with Crippen molar-refractivity contribution in [1.82, 2.24) is 10.2 Å². The van der Waals surface area contributed by atoms with E-state index in [1.807, 2.05) is 0 Å². The number of carboxylic acids is 1. The van der Waals surface area contributed by atoms with Gasteiger partial charge in [0.2, 0.25) is 0 Å². The van der Waals surface area contributed by atoms with Crippen LogP contribution in [0.4, 0.5) is 0 Å². The third-order valence-electron chi connectivity index (χ3n) is 1.26. The van der Waals surface area contributed by atoms with Crippen molar-refractivity contribution in [2.75, 3.05) is 0 Å². The van der Waals surface area contributed by atoms with Gasteiger partial charge in [-0.15, -0.1) is 5.10 Å². The minimum atomic E-state index is -1.12. The molecule has 1 N–H and O–H groups in total. The number of hydrogen-bond acceptors (Lipinski definition) is 4. The molecule has 1 rings (SSSR count). The molecular weight excluding hydrogens is 160 g/mol. The van der Waals surface area contributed by atoms with Crippen LogP contribution in [0.2, 0.25) is 0 Å². The Labute approximate surface area is 68.1 Å². The Bertz CT molecular complexity index is 306. The minimum Gasteiger partial charge on any atom is -0.478 e. The molecule has 0 aliphatic heterocycles. The zero-order valence-corrected chi connectivity index (χ0v) is 6.31. The summed E-state index contributed by atoms with van der Waals surface area (Å²) in [6.07, 6.45) is 1.09. The van der Waals surface area contributed by atoms with Gasteiger partial charge in [-0.2, -0.15) is 5.10 Å². The number of aromatic nitrogens is 2. The van der Waals surface area contributed by atoms with Crippen LogP contribution in [0.1, 0.15) is 27.8 Å². The highest BCUT2D eigenvalue weighted by Gasteiger charge is 2.07. The number of Topliss-reactive ketones (excluding diaryl/α,β-unsaturated/α-hetero) is 1. The highest BCUT2D eigenvalue weighted by Crippen LogP contribution is 1.99. The van der Waals surface area contributed by atoms with Gasteiger partial charge in [-0.1, -0.05) is 0 Å². The van der Waals surface area contributed by atoms with E-state index in [1.165, 1.54) is 13.0 Å². The molecule has 0 aliphatic rings. The van der Waals surface area contributed by atoms with Crippen LogP contribution in [0, 0.1) is 0 Å². The molecule has 0 spiro atoms. The number of carbonyl (C=O) groups is 2. The summed E-state index contributed by atoms with van der Waals surface area (Å²) in [5, 5.41) is 15.3. The molecule has 1 aromatic heterocycles. The van der Waals surface area contributed by atoms with Gasteiger partial charge in [-0.25, -0.2) is 4.79 Å². The first-order valence-corrected chi connectivity index (χ1v) is 3.18. The maximum atomic E-state index is 10.7. The van der Waals surface area contributed by atoms with Gasteiger partial charge in [-0.3, -0.25) is 4.79 Å². The molecule has 0 fully saturated rings. The van der Waals surface area contributed by atoms with Crippen molar-refractivity contribution in [3.8, 4) is 0 Å². The maximum absolute atomic E-state index is 10.7. The molecule has 0 aromatic carbocycles. The molecule has 12 heavy (non-hydrogen) atoms. The van der Waals surface area contributed by atoms with Crippen molar-refractivity contribution in [3.05, 3.63) is 23.5 Å². The van der Waals surface area contributed by atoms with E-state index in [2.05, 4.69) is 10.2 Å². The Balaban J connectivity index is 3.12. The number of ketones is 1. The van der Waals surface area contributed by atoms with E-state index in [1.54, 1.807) is 0 Å². The second kappa shape index (κ2) is 3.08. The standard InChI is InChI=1S/C7H6N2O3/c1-4(10)6-2-5(7(11)12)3-8-9-6/h2-3H,1H3,(H,11,12). The summed E-state index contributed by atoms with van der Waals surface area (Å²) >= 11 is 0. The molecule has 0 aliphatic carbocycles. The summed E-state index contributed by atoms with van der Waals surface area (Å²) in [6.45, 7) is 1.30. The lowest BCUT2D eigenvalue weighted by atomic mass is 10.2. The zero-order valence-electron chi connectivity index (χ0n) is 6.31. The number of rotatable bonds is 2. The van der Waals surface area contributed by atoms with E-state index in [0.717, 1.165) is 6.20 Å². The van der Waals surface area contributed by atoms with Crippen molar-refractivity contribution >= 4 is 11.8 Å². The molecule has 0 atom stereocenters. The van der Waals surface area contributed by atoms with Crippen LogP contribution in [-0.2, 0) is 0 Å². The van der Waals surface area contributed by atoms with E-state index in [0.29, 0.717) is 0 Å². The van der Waals surface area contributed by atoms with E-state index in [9.17, 15) is 9.59 Å². The molecule has 0 saturated carbocycles. The van der Waals surface area contributed by atoms with Crippen molar-refractivity contribution in [2.45, 2.75) is 6.92 Å². The molecule has 0 radical (unpaired) electrons. The van der Waals surface area contributed by atoms with Crippen molar-refractivity contribution in [3.63, 3.8) is 0 Å². The average Bonchev–Trinajstić information content (AvgIpc) is 2.04. The smallest absolute Gasteiger partial charge is 0.337 e. The van der Waals surface area contributed by atoms with Gasteiger partial charge < -0.3 is 5.11 Å². The molecule has 1 heterocycles. The van der Waals surface area contributed by atoms with Gasteiger partial charge in [0.1, 0.15) is 5.69 Å². The Morgan fingerprint density at radius 1 is 1.50 bits per heavy atom. The number of carbonyl (C=O) groups excluding carboxylic acids is 1. The number of nitrogens with zero attached hydrogens (tertiary/aromatic N) is 2. The third-order valence-corrected chi connectivity index (χ3v) is 1.26. The summed E-state index contributed by atoms with van der Waals surface area (Å²) in [7, 11) is 0. The maximum Gasteiger partial charge on any atom is 0.337 e. The first kappa shape index (κ1) is 8.32. The Morgan fingerprint density at radius 2 is 2.17 bits per heavy atom. The van der Waals surface area contributed by atoms with Crippen LogP contribution in [0.25, 0.3) is 0 Å². The Hall–Kier alpha value is -1.78. The predicted molar refractivity (Wildman–Crippen MR) is 39.0 cm³/mol. The summed E-state index contributed by atoms with van der Waals surface area (Å²) in [6, 6.07) is 1.19. The van der Waals surface area contributed by atoms with E-state index >= 15 is 0 Å². The molecule has 0 amide bonds. The summed E-state index contributed by atoms with van der Waals surface area (Å²) in [5.41, 5.74) is 0.0325. The van der Waals surface area contributed by atoms with Gasteiger partial charge >= 0.3 is 5.97 Å². The van der Waals surface area contributed by atoms with Gasteiger partial charge in [0, 0.05) is 6.92 Å². The van der Waals surface area contributed by atoms with Crippen LogP contribution in [-0.4, -0.2) is 27.1 Å². The monoisotopic (exact) mass is 166 g/mol. The minimum absolute atomic E-state index is 0.0322. The zero-order chi connectivity index (χ0) is 9.14. The predicted octanol–water partition coefficient (Wildman–Crippen LogP) is 0.377. The highest BCUT2D eigenvalue weighted by atomic mass is 16.4. The fourth-order valence-electron chi connectivity index (χ4n) is 0.656. The quantitative estimate of drug-likeness (QED) is 0.642. The SMILES string of the molecule is CC(=O)c1cc(C(=O)O)cnn1. The number of hydrogen-bond donors (Lipinski definition) is 1. The fourth-order valence-corrected chi connectivity index (χ4v) is 0.656. The lowest BCUT2D eigenvalue weighted by Gasteiger charge is -1.94. The normalized spacial score (nSPS) is 9.42. The topological polar surface area (TPSA) is 80.2 Å². The molecule has 62 valence electrons. The second-order valence-corrected chi connectivity index (χ2v) is 2.19. The summed E-state index contributed by atoms with van der Waals surface area (Å²) in [5.74, 6) is -1.42. The second-order valence-electron chi connectivity index (χ2n) is 2.19. The van der Waals surface area contributed by atoms with Crippen molar-refractivity contribution in [2.24, 2.45) is 0 Å². The van der Waals surface area contributed by atoms with Crippen LogP contribution in [0.3, 0.4) is 0 Å². The van der Waals surface area contributed by atoms with E-state index < -0.39 is 5.97 Å². The number of aromatic carboxylic acids is 1. The van der Waals surface area contributed by atoms with Gasteiger partial charge in [0.15, 0.2) is 5.78 Å². The highest BCUT2D eigenvalue weighted by molar-refractivity contribution is 5.95. The van der Waals surface area contributed by atoms with Crippen LogP contribution >= 0.6 is 0 Å². The van der Waals surface area contributed by atoms with Crippen molar-refractivity contribution in [1.29, 1.82) is 0 Å². The molecule has 5 nitrogen and oxygen atoms in total. The van der Waals surface area contributed by atoms with E-state index in [-0.39, 0.29) is 17.0 Å². The van der Waals surface area contributed by atoms with E-state index in [4.69, 9.17) is 5.11 Å². The molecule has 1 aromatic rings. The first-order chi connectivity index (χ1) is 5.61. The summed E-state index contributed by atoms with van der Waals surface area (Å²) in [4.78, 5) is 21.1. The molecular formula is C7H6N2O3. The van der Waals surface area contributed by atoms with Crippen LogP contribution < -0.4 is 0 Å². The van der Waals surface area contributed by atoms with Crippen molar-refractivity contribution < 1.29 is 14.7 Å². The average molecular weight is 166 g/mol. The number of carboxylic acid groups (broad SMARTS) is 1. The van der Waals surface area contributed by atoms with Crippen LogP contribution in [0.5, 0.6) is 0 Å². The summed E-state index contributed by atoms with van der Waals surface area (Å²) < 4.78 is 0. The molecule has 5 heteroatoms. The molecule has 0 unspecified atom stereocenters. The van der Waals surface area contributed by atoms with Gasteiger partial charge in [0.05, 0.1) is 11.8 Å².